The van der Waals surface area contributed by atoms with E-state index in [-0.39, 0.29) is 0 Å². The maximum absolute atomic E-state index is 3.78. The van der Waals surface area contributed by atoms with Crippen molar-refractivity contribution in [3.63, 3.8) is 0 Å². The van der Waals surface area contributed by atoms with Crippen LogP contribution < -0.4 is 4.90 Å². The molecule has 0 radical (unpaired) electrons. The second-order valence-corrected chi connectivity index (χ2v) is 15.3. The van der Waals surface area contributed by atoms with Gasteiger partial charge < -0.3 is 9.88 Å². The molecule has 1 aliphatic rings. The SMILES string of the molecule is Cc1ccccc1N(c1ccc(-c2ccccc2)cc1)c1ccc2c(c1)C(C)(c1ccccc1)c1ccc3[nH]c4ccccc4c3c1C2(C)c1ccccc1. The Morgan fingerprint density at radius 1 is 0.436 bits per heavy atom. The fraction of sp³-hybridized carbons (Fsp3) is 0.0943. The van der Waals surface area contributed by atoms with Crippen molar-refractivity contribution in [2.75, 3.05) is 4.90 Å². The fourth-order valence-corrected chi connectivity index (χ4v) is 9.51. The molecule has 10 rings (SSSR count). The van der Waals surface area contributed by atoms with Gasteiger partial charge in [-0.2, -0.15) is 0 Å². The summed E-state index contributed by atoms with van der Waals surface area (Å²) in [6, 6.07) is 71.4. The first-order valence-electron chi connectivity index (χ1n) is 19.3. The molecule has 2 nitrogen and oxygen atoms in total. The summed E-state index contributed by atoms with van der Waals surface area (Å²) >= 11 is 0. The normalized spacial score (nSPS) is 17.5. The van der Waals surface area contributed by atoms with Crippen molar-refractivity contribution in [2.45, 2.75) is 31.6 Å². The molecule has 0 aliphatic heterocycles. The number of aromatic nitrogens is 1. The molecular formula is C53H42N2. The van der Waals surface area contributed by atoms with Gasteiger partial charge in [-0.15, -0.1) is 0 Å². The van der Waals surface area contributed by atoms with Gasteiger partial charge in [0, 0.05) is 49.7 Å². The minimum Gasteiger partial charge on any atom is -0.355 e. The van der Waals surface area contributed by atoms with Crippen LogP contribution in [0, 0.1) is 6.92 Å². The molecule has 8 aromatic carbocycles. The fourth-order valence-electron chi connectivity index (χ4n) is 9.51. The molecular weight excluding hydrogens is 665 g/mol. The second kappa shape index (κ2) is 12.7. The number of H-pyrrole nitrogens is 1. The van der Waals surface area contributed by atoms with Crippen LogP contribution in [-0.2, 0) is 10.8 Å². The van der Waals surface area contributed by atoms with E-state index >= 15 is 0 Å². The van der Waals surface area contributed by atoms with E-state index in [4.69, 9.17) is 0 Å². The van der Waals surface area contributed by atoms with Gasteiger partial charge in [-0.3, -0.25) is 0 Å². The number of para-hydroxylation sites is 2. The molecule has 0 saturated heterocycles. The topological polar surface area (TPSA) is 19.0 Å². The third-order valence-corrected chi connectivity index (χ3v) is 12.3. The lowest BCUT2D eigenvalue weighted by atomic mass is 9.54. The summed E-state index contributed by atoms with van der Waals surface area (Å²) in [7, 11) is 0. The first-order valence-corrected chi connectivity index (χ1v) is 19.3. The molecule has 0 amide bonds. The molecule has 2 atom stereocenters. The Bertz CT molecular complexity index is 2840. The summed E-state index contributed by atoms with van der Waals surface area (Å²) in [6.07, 6.45) is 0. The summed E-state index contributed by atoms with van der Waals surface area (Å²) in [4.78, 5) is 6.22. The number of benzene rings is 8. The molecule has 1 aromatic heterocycles. The molecule has 2 heteroatoms. The lowest BCUT2D eigenvalue weighted by Gasteiger charge is -2.48. The average Bonchev–Trinajstić information content (AvgIpc) is 3.63. The predicted molar refractivity (Wildman–Crippen MR) is 231 cm³/mol. The third kappa shape index (κ3) is 5.02. The van der Waals surface area contributed by atoms with Crippen LogP contribution in [0.15, 0.2) is 194 Å². The van der Waals surface area contributed by atoms with E-state index in [0.717, 1.165) is 16.9 Å². The number of aromatic amines is 1. The number of rotatable bonds is 6. The van der Waals surface area contributed by atoms with Crippen molar-refractivity contribution >= 4 is 38.9 Å². The van der Waals surface area contributed by atoms with E-state index in [0.29, 0.717) is 0 Å². The van der Waals surface area contributed by atoms with Crippen LogP contribution in [0.3, 0.4) is 0 Å². The number of nitrogens with zero attached hydrogens (tertiary/aromatic N) is 1. The minimum absolute atomic E-state index is 0.450. The Hall–Kier alpha value is -6.64. The van der Waals surface area contributed by atoms with E-state index in [1.54, 1.807) is 0 Å². The lowest BCUT2D eigenvalue weighted by Crippen LogP contribution is -2.41. The number of nitrogens with one attached hydrogen (secondary N) is 1. The Balaban J connectivity index is 1.28. The van der Waals surface area contributed by atoms with E-state index in [1.165, 1.54) is 72.0 Å². The van der Waals surface area contributed by atoms with Crippen molar-refractivity contribution < 1.29 is 0 Å². The van der Waals surface area contributed by atoms with Gasteiger partial charge in [0.05, 0.1) is 0 Å². The Morgan fingerprint density at radius 3 is 1.71 bits per heavy atom. The monoisotopic (exact) mass is 706 g/mol. The number of hydrogen-bond acceptors (Lipinski definition) is 1. The van der Waals surface area contributed by atoms with Crippen LogP contribution in [-0.4, -0.2) is 4.98 Å². The molecule has 0 spiro atoms. The molecule has 0 bridgehead atoms. The Labute approximate surface area is 323 Å². The highest BCUT2D eigenvalue weighted by molar-refractivity contribution is 6.11. The zero-order chi connectivity index (χ0) is 37.1. The predicted octanol–water partition coefficient (Wildman–Crippen LogP) is 13.8. The summed E-state index contributed by atoms with van der Waals surface area (Å²) in [5, 5.41) is 2.56. The molecule has 0 saturated carbocycles. The molecule has 264 valence electrons. The van der Waals surface area contributed by atoms with Gasteiger partial charge in [0.1, 0.15) is 0 Å². The number of hydrogen-bond donors (Lipinski definition) is 1. The van der Waals surface area contributed by atoms with Crippen LogP contribution in [0.2, 0.25) is 0 Å². The maximum atomic E-state index is 3.78. The second-order valence-electron chi connectivity index (χ2n) is 15.3. The molecule has 55 heavy (non-hydrogen) atoms. The van der Waals surface area contributed by atoms with Crippen LogP contribution in [0.5, 0.6) is 0 Å². The van der Waals surface area contributed by atoms with Crippen molar-refractivity contribution in [3.05, 3.63) is 233 Å². The van der Waals surface area contributed by atoms with Gasteiger partial charge >= 0.3 is 0 Å². The third-order valence-electron chi connectivity index (χ3n) is 12.3. The molecule has 9 aromatic rings. The number of fused-ring (bicyclic) bond motifs is 6. The minimum atomic E-state index is -0.461. The van der Waals surface area contributed by atoms with Gasteiger partial charge in [-0.25, -0.2) is 0 Å². The van der Waals surface area contributed by atoms with E-state index in [2.05, 4.69) is 225 Å². The van der Waals surface area contributed by atoms with E-state index < -0.39 is 10.8 Å². The van der Waals surface area contributed by atoms with Crippen molar-refractivity contribution in [1.82, 2.24) is 4.98 Å². The van der Waals surface area contributed by atoms with Crippen LogP contribution >= 0.6 is 0 Å². The summed E-state index contributed by atoms with van der Waals surface area (Å²) in [5.41, 5.74) is 16.4. The van der Waals surface area contributed by atoms with Gasteiger partial charge in [-0.05, 0) is 113 Å². The van der Waals surface area contributed by atoms with Gasteiger partial charge in [0.2, 0.25) is 0 Å². The van der Waals surface area contributed by atoms with Crippen LogP contribution in [0.4, 0.5) is 17.1 Å². The van der Waals surface area contributed by atoms with E-state index in [9.17, 15) is 0 Å². The largest absolute Gasteiger partial charge is 0.355 e. The van der Waals surface area contributed by atoms with Crippen molar-refractivity contribution in [3.8, 4) is 11.1 Å². The summed E-state index contributed by atoms with van der Waals surface area (Å²) in [5.74, 6) is 0. The van der Waals surface area contributed by atoms with Crippen molar-refractivity contribution in [2.24, 2.45) is 0 Å². The summed E-state index contributed by atoms with van der Waals surface area (Å²) < 4.78 is 0. The number of anilines is 3. The molecule has 0 fully saturated rings. The highest BCUT2D eigenvalue weighted by Gasteiger charge is 2.49. The standard InChI is InChI=1S/C53H42N2/c1-36-17-13-16-26-49(36)55(41-29-27-38(28-30-41)37-18-7-4-8-19-37)42-31-32-44-46(35-42)52(2,39-20-9-5-10-21-39)45-33-34-48-50(43-24-14-15-25-47(43)54-48)51(45)53(44,3)40-22-11-6-12-23-40/h4-35,54H,1-3H3. The van der Waals surface area contributed by atoms with Crippen LogP contribution in [0.25, 0.3) is 32.9 Å². The average molecular weight is 707 g/mol. The summed E-state index contributed by atoms with van der Waals surface area (Å²) in [6.45, 7) is 7.11. The highest BCUT2D eigenvalue weighted by atomic mass is 15.1. The first kappa shape index (κ1) is 33.0. The van der Waals surface area contributed by atoms with Crippen molar-refractivity contribution in [1.29, 1.82) is 0 Å². The van der Waals surface area contributed by atoms with Gasteiger partial charge in [0.25, 0.3) is 0 Å². The zero-order valence-corrected chi connectivity index (χ0v) is 31.4. The van der Waals surface area contributed by atoms with Gasteiger partial charge in [0.15, 0.2) is 0 Å². The quantitative estimate of drug-likeness (QED) is 0.182. The zero-order valence-electron chi connectivity index (χ0n) is 31.4. The van der Waals surface area contributed by atoms with E-state index in [1.807, 2.05) is 0 Å². The van der Waals surface area contributed by atoms with Gasteiger partial charge in [-0.1, -0.05) is 152 Å². The molecule has 2 unspecified atom stereocenters. The number of aryl methyl sites for hydroxylation is 1. The molecule has 1 heterocycles. The smallest absolute Gasteiger partial charge is 0.0490 e. The Morgan fingerprint density at radius 2 is 1.00 bits per heavy atom. The lowest BCUT2D eigenvalue weighted by molar-refractivity contribution is 0.572. The maximum Gasteiger partial charge on any atom is 0.0490 e. The Kier molecular flexibility index (Phi) is 7.64. The highest BCUT2D eigenvalue weighted by Crippen LogP contribution is 2.58. The molecule has 1 aliphatic carbocycles. The van der Waals surface area contributed by atoms with Crippen LogP contribution in [0.1, 0.15) is 52.8 Å². The molecule has 1 N–H and O–H groups in total. The first-order chi connectivity index (χ1) is 27.0.